The number of aryl methyl sites for hydroxylation is 1. The van der Waals surface area contributed by atoms with Crippen LogP contribution >= 0.6 is 11.3 Å². The van der Waals surface area contributed by atoms with E-state index in [-0.39, 0.29) is 5.91 Å². The molecule has 1 aromatic rings. The molecule has 1 heterocycles. The summed E-state index contributed by atoms with van der Waals surface area (Å²) in [7, 11) is 0. The van der Waals surface area contributed by atoms with E-state index in [1.54, 1.807) is 0 Å². The van der Waals surface area contributed by atoms with E-state index in [9.17, 15) is 20.0 Å². The number of anilines is 1. The van der Waals surface area contributed by atoms with E-state index in [2.05, 4.69) is 11.4 Å². The van der Waals surface area contributed by atoms with Crippen LogP contribution in [0, 0.1) is 30.1 Å². The fourth-order valence-corrected chi connectivity index (χ4v) is 4.24. The number of carboxylic acid groups (broad SMARTS) is 1. The zero-order valence-electron chi connectivity index (χ0n) is 12.8. The van der Waals surface area contributed by atoms with Gasteiger partial charge >= 0.3 is 0 Å². The quantitative estimate of drug-likeness (QED) is 0.918. The van der Waals surface area contributed by atoms with Gasteiger partial charge in [0.25, 0.3) is 0 Å². The largest absolute Gasteiger partial charge is 0.550 e. The summed E-state index contributed by atoms with van der Waals surface area (Å²) in [5.41, 5.74) is 1.45. The molecule has 1 fully saturated rings. The minimum Gasteiger partial charge on any atom is -0.550 e. The SMILES string of the molecule is CCc1c(C)sc(NC(=O)C2CCCCC2C(=O)[O-])c1C#N. The molecular formula is C16H19N2O3S-. The molecule has 0 aromatic carbocycles. The average molecular weight is 319 g/mol. The van der Waals surface area contributed by atoms with Gasteiger partial charge in [-0.25, -0.2) is 0 Å². The highest BCUT2D eigenvalue weighted by atomic mass is 32.1. The van der Waals surface area contributed by atoms with Gasteiger partial charge in [0.1, 0.15) is 11.1 Å². The van der Waals surface area contributed by atoms with E-state index in [1.165, 1.54) is 11.3 Å². The topological polar surface area (TPSA) is 93.0 Å². The van der Waals surface area contributed by atoms with Crippen molar-refractivity contribution < 1.29 is 14.7 Å². The number of nitrogens with one attached hydrogen (secondary N) is 1. The lowest BCUT2D eigenvalue weighted by molar-refractivity contribution is -0.313. The Morgan fingerprint density at radius 3 is 2.55 bits per heavy atom. The van der Waals surface area contributed by atoms with Gasteiger partial charge in [0.15, 0.2) is 0 Å². The highest BCUT2D eigenvalue weighted by Gasteiger charge is 2.32. The Kier molecular flexibility index (Phi) is 5.19. The first-order chi connectivity index (χ1) is 10.5. The average Bonchev–Trinajstić information content (AvgIpc) is 2.81. The van der Waals surface area contributed by atoms with Crippen molar-refractivity contribution in [3.05, 3.63) is 16.0 Å². The molecule has 1 aromatic heterocycles. The first-order valence-corrected chi connectivity index (χ1v) is 8.35. The summed E-state index contributed by atoms with van der Waals surface area (Å²) >= 11 is 1.37. The van der Waals surface area contributed by atoms with E-state index < -0.39 is 17.8 Å². The second-order valence-electron chi connectivity index (χ2n) is 5.61. The van der Waals surface area contributed by atoms with Crippen LogP contribution in [0.3, 0.4) is 0 Å². The standard InChI is InChI=1S/C16H20N2O3S/c1-3-10-9(2)22-15(13(10)8-17)18-14(19)11-6-4-5-7-12(11)16(20)21/h11-12H,3-7H2,1-2H3,(H,18,19)(H,20,21)/p-1. The molecule has 1 saturated carbocycles. The van der Waals surface area contributed by atoms with Crippen LogP contribution in [-0.4, -0.2) is 11.9 Å². The number of aliphatic carboxylic acids is 1. The van der Waals surface area contributed by atoms with Gasteiger partial charge in [-0.3, -0.25) is 4.79 Å². The minimum atomic E-state index is -1.16. The van der Waals surface area contributed by atoms with E-state index in [1.807, 2.05) is 13.8 Å². The molecule has 1 aliphatic rings. The van der Waals surface area contributed by atoms with Crippen LogP contribution in [0.2, 0.25) is 0 Å². The van der Waals surface area contributed by atoms with Crippen molar-refractivity contribution in [2.75, 3.05) is 5.32 Å². The predicted octanol–water partition coefficient (Wildman–Crippen LogP) is 1.99. The van der Waals surface area contributed by atoms with Gasteiger partial charge in [-0.1, -0.05) is 19.8 Å². The number of nitriles is 1. The van der Waals surface area contributed by atoms with Crippen LogP contribution in [0.4, 0.5) is 5.00 Å². The molecule has 0 bridgehead atoms. The van der Waals surface area contributed by atoms with Gasteiger partial charge in [-0.2, -0.15) is 5.26 Å². The van der Waals surface area contributed by atoms with Crippen molar-refractivity contribution in [2.45, 2.75) is 46.0 Å². The predicted molar refractivity (Wildman–Crippen MR) is 82.2 cm³/mol. The van der Waals surface area contributed by atoms with Gasteiger partial charge in [0, 0.05) is 22.7 Å². The van der Waals surface area contributed by atoms with Gasteiger partial charge in [0.2, 0.25) is 5.91 Å². The molecule has 1 aliphatic carbocycles. The maximum absolute atomic E-state index is 12.5. The number of thiophene rings is 1. The third-order valence-electron chi connectivity index (χ3n) is 4.32. The maximum atomic E-state index is 12.5. The van der Waals surface area contributed by atoms with E-state index in [0.717, 1.165) is 29.7 Å². The number of carbonyl (C=O) groups excluding carboxylic acids is 2. The van der Waals surface area contributed by atoms with Crippen LogP contribution in [0.25, 0.3) is 0 Å². The van der Waals surface area contributed by atoms with Crippen molar-refractivity contribution in [1.82, 2.24) is 0 Å². The van der Waals surface area contributed by atoms with Gasteiger partial charge in [-0.05, 0) is 31.7 Å². The molecule has 22 heavy (non-hydrogen) atoms. The molecule has 0 spiro atoms. The van der Waals surface area contributed by atoms with Crippen molar-refractivity contribution in [1.29, 1.82) is 5.26 Å². The van der Waals surface area contributed by atoms with Gasteiger partial charge in [0.05, 0.1) is 5.56 Å². The Balaban J connectivity index is 2.21. The van der Waals surface area contributed by atoms with Gasteiger partial charge < -0.3 is 15.2 Å². The summed E-state index contributed by atoms with van der Waals surface area (Å²) in [4.78, 5) is 24.7. The highest BCUT2D eigenvalue weighted by molar-refractivity contribution is 7.16. The van der Waals surface area contributed by atoms with Crippen LogP contribution < -0.4 is 10.4 Å². The summed E-state index contributed by atoms with van der Waals surface area (Å²) in [6.45, 7) is 3.89. The van der Waals surface area contributed by atoms with Crippen LogP contribution in [0.1, 0.15) is 48.6 Å². The van der Waals surface area contributed by atoms with E-state index in [4.69, 9.17) is 0 Å². The second-order valence-corrected chi connectivity index (χ2v) is 6.84. The van der Waals surface area contributed by atoms with Crippen LogP contribution in [0.5, 0.6) is 0 Å². The lowest BCUT2D eigenvalue weighted by Crippen LogP contribution is -2.42. The highest BCUT2D eigenvalue weighted by Crippen LogP contribution is 2.35. The second kappa shape index (κ2) is 6.93. The summed E-state index contributed by atoms with van der Waals surface area (Å²) in [6, 6.07) is 2.15. The zero-order chi connectivity index (χ0) is 16.3. The number of amides is 1. The molecule has 1 N–H and O–H groups in total. The zero-order valence-corrected chi connectivity index (χ0v) is 13.6. The Morgan fingerprint density at radius 1 is 1.36 bits per heavy atom. The van der Waals surface area contributed by atoms with E-state index in [0.29, 0.717) is 23.4 Å². The summed E-state index contributed by atoms with van der Waals surface area (Å²) in [6.07, 6.45) is 3.42. The molecule has 2 atom stereocenters. The molecule has 0 radical (unpaired) electrons. The Hall–Kier alpha value is -1.87. The number of hydrogen-bond acceptors (Lipinski definition) is 5. The Morgan fingerprint density at radius 2 is 2.00 bits per heavy atom. The Labute approximate surface area is 134 Å². The first kappa shape index (κ1) is 16.5. The Bertz CT molecular complexity index is 630. The third-order valence-corrected chi connectivity index (χ3v) is 5.38. The molecule has 5 nitrogen and oxygen atoms in total. The summed E-state index contributed by atoms with van der Waals surface area (Å²) < 4.78 is 0. The fourth-order valence-electron chi connectivity index (χ4n) is 3.14. The fraction of sp³-hybridized carbons (Fsp3) is 0.562. The third kappa shape index (κ3) is 3.14. The minimum absolute atomic E-state index is 0.311. The lowest BCUT2D eigenvalue weighted by atomic mass is 9.79. The lowest BCUT2D eigenvalue weighted by Gasteiger charge is -2.31. The van der Waals surface area contributed by atoms with Crippen molar-refractivity contribution in [3.8, 4) is 6.07 Å². The normalized spacial score (nSPS) is 21.1. The summed E-state index contributed by atoms with van der Waals surface area (Å²) in [5, 5.41) is 23.8. The maximum Gasteiger partial charge on any atom is 0.228 e. The number of carboxylic acids is 1. The molecule has 1 amide bonds. The number of nitrogens with zero attached hydrogens (tertiary/aromatic N) is 1. The summed E-state index contributed by atoms with van der Waals surface area (Å²) in [5.74, 6) is -2.77. The number of hydrogen-bond donors (Lipinski definition) is 1. The van der Waals surface area contributed by atoms with Crippen molar-refractivity contribution in [3.63, 3.8) is 0 Å². The number of rotatable bonds is 4. The molecule has 6 heteroatoms. The molecule has 2 rings (SSSR count). The van der Waals surface area contributed by atoms with E-state index >= 15 is 0 Å². The smallest absolute Gasteiger partial charge is 0.228 e. The van der Waals surface area contributed by atoms with Crippen LogP contribution in [-0.2, 0) is 16.0 Å². The first-order valence-electron chi connectivity index (χ1n) is 7.53. The molecule has 118 valence electrons. The monoisotopic (exact) mass is 319 g/mol. The molecule has 0 saturated heterocycles. The van der Waals surface area contributed by atoms with Crippen molar-refractivity contribution >= 4 is 28.2 Å². The molecule has 0 aliphatic heterocycles. The van der Waals surface area contributed by atoms with Gasteiger partial charge in [-0.15, -0.1) is 11.3 Å². The van der Waals surface area contributed by atoms with Crippen LogP contribution in [0.15, 0.2) is 0 Å². The molecular weight excluding hydrogens is 300 g/mol. The molecule has 2 unspecified atom stereocenters. The van der Waals surface area contributed by atoms with Crippen molar-refractivity contribution in [2.24, 2.45) is 11.8 Å². The number of carbonyl (C=O) groups is 2.